The maximum atomic E-state index is 12.4. The number of nitrogens with two attached hydrogens (primary N) is 1. The monoisotopic (exact) mass is 236 g/mol. The molecule has 17 heavy (non-hydrogen) atoms. The first-order valence-electron chi connectivity index (χ1n) is 6.19. The maximum absolute atomic E-state index is 12.4. The highest BCUT2D eigenvalue weighted by atomic mass is 16.2. The molecule has 0 saturated carbocycles. The van der Waals surface area contributed by atoms with E-state index in [-0.39, 0.29) is 11.9 Å². The molecule has 1 fully saturated rings. The van der Waals surface area contributed by atoms with Gasteiger partial charge in [0, 0.05) is 32.4 Å². The molecule has 1 amide bonds. The molecular formula is C12H20N4O. The molecule has 1 saturated heterocycles. The fraction of sp³-hybridized carbons (Fsp3) is 0.667. The molecule has 5 heteroatoms. The van der Waals surface area contributed by atoms with E-state index in [9.17, 15) is 4.79 Å². The lowest BCUT2D eigenvalue weighted by Crippen LogP contribution is -2.45. The first kappa shape index (κ1) is 12.1. The highest BCUT2D eigenvalue weighted by Gasteiger charge is 2.25. The third-order valence-corrected chi connectivity index (χ3v) is 3.22. The van der Waals surface area contributed by atoms with Crippen LogP contribution in [0.2, 0.25) is 0 Å². The zero-order chi connectivity index (χ0) is 12.4. The van der Waals surface area contributed by atoms with Crippen molar-refractivity contribution in [1.29, 1.82) is 0 Å². The topological polar surface area (TPSA) is 64.2 Å². The molecule has 0 spiro atoms. The van der Waals surface area contributed by atoms with Gasteiger partial charge in [-0.25, -0.2) is 0 Å². The zero-order valence-corrected chi connectivity index (χ0v) is 10.5. The number of aromatic nitrogens is 2. The summed E-state index contributed by atoms with van der Waals surface area (Å²) in [4.78, 5) is 14.2. The van der Waals surface area contributed by atoms with E-state index < -0.39 is 0 Å². The lowest BCUT2D eigenvalue weighted by molar-refractivity contribution is 0.0707. The minimum atomic E-state index is 0.0742. The van der Waals surface area contributed by atoms with E-state index in [0.717, 1.165) is 37.1 Å². The van der Waals surface area contributed by atoms with Crippen LogP contribution in [-0.4, -0.2) is 39.7 Å². The summed E-state index contributed by atoms with van der Waals surface area (Å²) >= 11 is 0. The highest BCUT2D eigenvalue weighted by Crippen LogP contribution is 2.15. The molecule has 0 aromatic carbocycles. The number of carbonyl (C=O) groups is 1. The lowest BCUT2D eigenvalue weighted by atomic mass is 10.1. The van der Waals surface area contributed by atoms with E-state index in [0.29, 0.717) is 6.54 Å². The second-order valence-electron chi connectivity index (χ2n) is 4.67. The van der Waals surface area contributed by atoms with Crippen LogP contribution in [0.3, 0.4) is 0 Å². The van der Waals surface area contributed by atoms with Crippen LogP contribution >= 0.6 is 0 Å². The Labute approximate surface area is 102 Å². The summed E-state index contributed by atoms with van der Waals surface area (Å²) in [5.41, 5.74) is 7.50. The van der Waals surface area contributed by atoms with Gasteiger partial charge in [0.25, 0.3) is 5.91 Å². The van der Waals surface area contributed by atoms with E-state index >= 15 is 0 Å². The van der Waals surface area contributed by atoms with Crippen LogP contribution in [0.5, 0.6) is 0 Å². The van der Waals surface area contributed by atoms with E-state index in [1.807, 2.05) is 18.9 Å². The average Bonchev–Trinajstić information content (AvgIpc) is 2.69. The molecule has 1 aliphatic heterocycles. The molecule has 1 atom stereocenters. The van der Waals surface area contributed by atoms with E-state index in [1.165, 1.54) is 0 Å². The second-order valence-corrected chi connectivity index (χ2v) is 4.67. The quantitative estimate of drug-likeness (QED) is 0.815. The van der Waals surface area contributed by atoms with Crippen LogP contribution in [0.25, 0.3) is 0 Å². The summed E-state index contributed by atoms with van der Waals surface area (Å²) in [5, 5.41) is 4.30. The third-order valence-electron chi connectivity index (χ3n) is 3.22. The Morgan fingerprint density at radius 2 is 2.41 bits per heavy atom. The molecule has 2 N–H and O–H groups in total. The molecule has 1 aromatic rings. The smallest absolute Gasteiger partial charge is 0.257 e. The van der Waals surface area contributed by atoms with Gasteiger partial charge >= 0.3 is 0 Å². The van der Waals surface area contributed by atoms with Gasteiger partial charge in [0.1, 0.15) is 0 Å². The predicted octanol–water partition coefficient (Wildman–Crippen LogP) is 0.546. The number of hydrogen-bond donors (Lipinski definition) is 1. The third kappa shape index (κ3) is 2.49. The number of nitrogens with zero attached hydrogens (tertiary/aromatic N) is 3. The summed E-state index contributed by atoms with van der Waals surface area (Å²) in [6, 6.07) is 0.120. The Balaban J connectivity index is 2.18. The van der Waals surface area contributed by atoms with Gasteiger partial charge < -0.3 is 10.6 Å². The Bertz CT molecular complexity index is 413. The summed E-state index contributed by atoms with van der Waals surface area (Å²) in [6.45, 7) is 3.49. The molecule has 0 unspecified atom stereocenters. The number of amides is 1. The van der Waals surface area contributed by atoms with Crippen LogP contribution in [-0.2, 0) is 13.5 Å². The molecule has 2 heterocycles. The molecular weight excluding hydrogens is 216 g/mol. The van der Waals surface area contributed by atoms with Gasteiger partial charge in [-0.2, -0.15) is 5.10 Å². The molecule has 0 aliphatic carbocycles. The number of carbonyl (C=O) groups excluding carboxylic acids is 1. The summed E-state index contributed by atoms with van der Waals surface area (Å²) in [7, 11) is 1.85. The number of likely N-dealkylation sites (tertiary alicyclic amines) is 1. The molecule has 0 radical (unpaired) electrons. The molecule has 5 nitrogen and oxygen atoms in total. The van der Waals surface area contributed by atoms with Gasteiger partial charge in [-0.15, -0.1) is 0 Å². The van der Waals surface area contributed by atoms with E-state index in [4.69, 9.17) is 5.73 Å². The number of rotatable bonds is 2. The van der Waals surface area contributed by atoms with Gasteiger partial charge in [-0.3, -0.25) is 9.48 Å². The normalized spacial score (nSPS) is 20.6. The molecule has 1 aliphatic rings. The van der Waals surface area contributed by atoms with Crippen molar-refractivity contribution in [1.82, 2.24) is 14.7 Å². The molecule has 2 rings (SSSR count). The number of aryl methyl sites for hydroxylation is 2. The minimum absolute atomic E-state index is 0.0742. The summed E-state index contributed by atoms with van der Waals surface area (Å²) in [5.74, 6) is 0.0742. The van der Waals surface area contributed by atoms with Crippen molar-refractivity contribution in [2.75, 3.05) is 13.1 Å². The Morgan fingerprint density at radius 3 is 3.06 bits per heavy atom. The van der Waals surface area contributed by atoms with Gasteiger partial charge in [0.05, 0.1) is 11.3 Å². The van der Waals surface area contributed by atoms with Crippen LogP contribution in [0.15, 0.2) is 6.20 Å². The zero-order valence-electron chi connectivity index (χ0n) is 10.5. The highest BCUT2D eigenvalue weighted by molar-refractivity contribution is 5.95. The van der Waals surface area contributed by atoms with E-state index in [2.05, 4.69) is 5.10 Å². The van der Waals surface area contributed by atoms with Gasteiger partial charge in [-0.1, -0.05) is 6.92 Å². The van der Waals surface area contributed by atoms with Crippen LogP contribution in [0.4, 0.5) is 0 Å². The van der Waals surface area contributed by atoms with Crippen LogP contribution in [0.1, 0.15) is 35.8 Å². The van der Waals surface area contributed by atoms with Gasteiger partial charge in [0.15, 0.2) is 0 Å². The van der Waals surface area contributed by atoms with Gasteiger partial charge in [0.2, 0.25) is 0 Å². The van der Waals surface area contributed by atoms with Gasteiger partial charge in [-0.05, 0) is 19.3 Å². The lowest BCUT2D eigenvalue weighted by Gasteiger charge is -2.30. The second kappa shape index (κ2) is 4.87. The van der Waals surface area contributed by atoms with Crippen molar-refractivity contribution >= 4 is 5.91 Å². The van der Waals surface area contributed by atoms with Crippen molar-refractivity contribution < 1.29 is 4.79 Å². The first-order chi connectivity index (χ1) is 8.11. The Morgan fingerprint density at radius 1 is 1.65 bits per heavy atom. The van der Waals surface area contributed by atoms with Crippen LogP contribution < -0.4 is 5.73 Å². The summed E-state index contributed by atoms with van der Waals surface area (Å²) in [6.07, 6.45) is 4.59. The number of hydrogen-bond acceptors (Lipinski definition) is 3. The largest absolute Gasteiger partial charge is 0.337 e. The number of piperidine rings is 1. The molecule has 0 bridgehead atoms. The fourth-order valence-corrected chi connectivity index (χ4v) is 2.34. The van der Waals surface area contributed by atoms with Crippen molar-refractivity contribution in [2.24, 2.45) is 12.8 Å². The van der Waals surface area contributed by atoms with Crippen molar-refractivity contribution in [2.45, 2.75) is 32.2 Å². The van der Waals surface area contributed by atoms with Crippen molar-refractivity contribution in [3.8, 4) is 0 Å². The van der Waals surface area contributed by atoms with Crippen molar-refractivity contribution in [3.63, 3.8) is 0 Å². The molecule has 94 valence electrons. The Kier molecular flexibility index (Phi) is 3.47. The molecule has 1 aromatic heterocycles. The van der Waals surface area contributed by atoms with Crippen molar-refractivity contribution in [3.05, 3.63) is 17.5 Å². The average molecular weight is 236 g/mol. The standard InChI is InChI=1S/C12H20N4O/c1-3-11-10(8-15(2)14-11)12(17)16-6-4-5-9(13)7-16/h8-9H,3-7,13H2,1-2H3/t9-/m1/s1. The minimum Gasteiger partial charge on any atom is -0.337 e. The van der Waals surface area contributed by atoms with E-state index in [1.54, 1.807) is 10.9 Å². The SMILES string of the molecule is CCc1nn(C)cc1C(=O)N1CCC[C@@H](N)C1. The maximum Gasteiger partial charge on any atom is 0.257 e. The predicted molar refractivity (Wildman–Crippen MR) is 65.7 cm³/mol. The summed E-state index contributed by atoms with van der Waals surface area (Å²) < 4.78 is 1.70. The fourth-order valence-electron chi connectivity index (χ4n) is 2.34. The first-order valence-corrected chi connectivity index (χ1v) is 6.19. The Hall–Kier alpha value is -1.36. The van der Waals surface area contributed by atoms with Crippen LogP contribution in [0, 0.1) is 0 Å².